The summed E-state index contributed by atoms with van der Waals surface area (Å²) in [5.74, 6) is -0.616. The summed E-state index contributed by atoms with van der Waals surface area (Å²) in [5, 5.41) is 12.1. The number of ether oxygens (including phenoxy) is 1. The van der Waals surface area contributed by atoms with Gasteiger partial charge in [0, 0.05) is 50.7 Å². The molecule has 31 heavy (non-hydrogen) atoms. The zero-order valence-electron chi connectivity index (χ0n) is 17.0. The summed E-state index contributed by atoms with van der Waals surface area (Å²) in [6, 6.07) is 11.6. The van der Waals surface area contributed by atoms with E-state index in [1.165, 1.54) is 16.4 Å². The number of nitrogens with one attached hydrogen (secondary N) is 1. The van der Waals surface area contributed by atoms with Crippen LogP contribution in [-0.4, -0.2) is 49.9 Å². The van der Waals surface area contributed by atoms with Crippen LogP contribution in [0.25, 0.3) is 0 Å². The lowest BCUT2D eigenvalue weighted by Gasteiger charge is -2.37. The molecule has 2 fully saturated rings. The first-order valence-corrected chi connectivity index (χ1v) is 11.6. The van der Waals surface area contributed by atoms with E-state index in [4.69, 9.17) is 10.00 Å². The van der Waals surface area contributed by atoms with Crippen molar-refractivity contribution in [1.82, 2.24) is 14.6 Å². The second-order valence-electron chi connectivity index (χ2n) is 8.04. The Hall–Kier alpha value is -2.80. The van der Waals surface area contributed by atoms with Crippen molar-refractivity contribution in [3.05, 3.63) is 59.9 Å². The number of aromatic nitrogens is 1. The third kappa shape index (κ3) is 4.32. The van der Waals surface area contributed by atoms with Crippen LogP contribution in [0.2, 0.25) is 0 Å². The molecule has 1 aromatic heterocycles. The molecule has 2 saturated heterocycles. The molecule has 4 rings (SSSR count). The Kier molecular flexibility index (Phi) is 6.05. The molecule has 2 aliphatic heterocycles. The molecule has 1 amide bonds. The van der Waals surface area contributed by atoms with E-state index in [2.05, 4.69) is 10.3 Å². The molecule has 1 atom stereocenters. The van der Waals surface area contributed by atoms with Gasteiger partial charge in [-0.3, -0.25) is 9.78 Å². The number of carbonyl (C=O) groups is 1. The zero-order valence-corrected chi connectivity index (χ0v) is 17.8. The molecule has 0 radical (unpaired) electrons. The summed E-state index contributed by atoms with van der Waals surface area (Å²) in [4.78, 5) is 17.2. The molecule has 2 aromatic rings. The van der Waals surface area contributed by atoms with E-state index in [-0.39, 0.29) is 29.5 Å². The Bertz CT molecular complexity index is 1090. The van der Waals surface area contributed by atoms with Crippen LogP contribution in [0.3, 0.4) is 0 Å². The van der Waals surface area contributed by atoms with Gasteiger partial charge in [0.25, 0.3) is 0 Å². The highest BCUT2D eigenvalue weighted by Gasteiger charge is 2.53. The lowest BCUT2D eigenvalue weighted by molar-refractivity contribution is -0.130. The van der Waals surface area contributed by atoms with Gasteiger partial charge in [-0.2, -0.15) is 9.57 Å². The van der Waals surface area contributed by atoms with Crippen molar-refractivity contribution >= 4 is 15.9 Å². The quantitative estimate of drug-likeness (QED) is 0.757. The number of rotatable bonds is 5. The Morgan fingerprint density at radius 2 is 2.00 bits per heavy atom. The summed E-state index contributed by atoms with van der Waals surface area (Å²) in [7, 11) is -3.83. The molecule has 0 saturated carbocycles. The number of nitrogens with zero attached hydrogens (tertiary/aromatic N) is 3. The van der Waals surface area contributed by atoms with Gasteiger partial charge < -0.3 is 10.1 Å². The van der Waals surface area contributed by atoms with Crippen LogP contribution in [0.5, 0.6) is 0 Å². The van der Waals surface area contributed by atoms with Crippen LogP contribution in [0.1, 0.15) is 24.0 Å². The fourth-order valence-electron chi connectivity index (χ4n) is 4.44. The first-order valence-electron chi connectivity index (χ1n) is 10.2. The number of pyridine rings is 1. The second kappa shape index (κ2) is 8.75. The van der Waals surface area contributed by atoms with Crippen molar-refractivity contribution < 1.29 is 17.9 Å². The van der Waals surface area contributed by atoms with Crippen LogP contribution < -0.4 is 5.32 Å². The molecule has 0 aliphatic carbocycles. The lowest BCUT2D eigenvalue weighted by atomic mass is 9.72. The van der Waals surface area contributed by atoms with Gasteiger partial charge >= 0.3 is 0 Å². The van der Waals surface area contributed by atoms with Crippen LogP contribution in [0, 0.1) is 22.7 Å². The number of sulfonamides is 1. The van der Waals surface area contributed by atoms with Crippen molar-refractivity contribution in [2.45, 2.75) is 24.3 Å². The maximum absolute atomic E-state index is 13.3. The van der Waals surface area contributed by atoms with Gasteiger partial charge in [0.1, 0.15) is 0 Å². The van der Waals surface area contributed by atoms with E-state index < -0.39 is 21.4 Å². The van der Waals surface area contributed by atoms with Crippen LogP contribution >= 0.6 is 0 Å². The van der Waals surface area contributed by atoms with E-state index in [0.29, 0.717) is 32.6 Å². The van der Waals surface area contributed by atoms with E-state index in [1.54, 1.807) is 24.5 Å². The molecule has 3 heterocycles. The lowest BCUT2D eigenvalue weighted by Crippen LogP contribution is -2.44. The third-order valence-electron chi connectivity index (χ3n) is 6.24. The largest absolute Gasteiger partial charge is 0.381 e. The van der Waals surface area contributed by atoms with Crippen LogP contribution in [0.15, 0.2) is 53.7 Å². The van der Waals surface area contributed by atoms with E-state index in [1.807, 2.05) is 18.2 Å². The minimum Gasteiger partial charge on any atom is -0.381 e. The molecule has 9 heteroatoms. The van der Waals surface area contributed by atoms with Crippen molar-refractivity contribution in [2.75, 3.05) is 26.3 Å². The topological polar surface area (TPSA) is 112 Å². The highest BCUT2D eigenvalue weighted by molar-refractivity contribution is 7.89. The monoisotopic (exact) mass is 440 g/mol. The zero-order chi connectivity index (χ0) is 21.9. The van der Waals surface area contributed by atoms with E-state index >= 15 is 0 Å². The number of nitriles is 1. The molecule has 1 unspecified atom stereocenters. The SMILES string of the molecule is N#Cc1cccc(S(=O)(=O)N2CC(C(=O)NCc3ccncc3)C3(CCOCC3)C2)c1. The summed E-state index contributed by atoms with van der Waals surface area (Å²) < 4.78 is 33.5. The number of carbonyl (C=O) groups excluding carboxylic acids is 1. The van der Waals surface area contributed by atoms with Crippen LogP contribution in [-0.2, 0) is 26.1 Å². The van der Waals surface area contributed by atoms with Gasteiger partial charge in [-0.05, 0) is 48.7 Å². The van der Waals surface area contributed by atoms with Crippen molar-refractivity contribution in [3.8, 4) is 6.07 Å². The first kappa shape index (κ1) is 21.4. The Labute approximate surface area is 181 Å². The second-order valence-corrected chi connectivity index (χ2v) is 9.98. The number of hydrogen-bond acceptors (Lipinski definition) is 6. The normalized spacial score (nSPS) is 20.9. The maximum Gasteiger partial charge on any atom is 0.243 e. The predicted octanol–water partition coefficient (Wildman–Crippen LogP) is 1.69. The summed E-state index contributed by atoms with van der Waals surface area (Å²) in [5.41, 5.74) is 0.758. The minimum absolute atomic E-state index is 0.0756. The van der Waals surface area contributed by atoms with Gasteiger partial charge in [0.2, 0.25) is 15.9 Å². The molecule has 1 N–H and O–H groups in total. The average Bonchev–Trinajstić information content (AvgIpc) is 3.18. The number of amides is 1. The van der Waals surface area contributed by atoms with Crippen molar-refractivity contribution in [1.29, 1.82) is 5.26 Å². The summed E-state index contributed by atoms with van der Waals surface area (Å²) >= 11 is 0. The van der Waals surface area contributed by atoms with Gasteiger partial charge in [-0.1, -0.05) is 6.07 Å². The minimum atomic E-state index is -3.83. The van der Waals surface area contributed by atoms with E-state index in [9.17, 15) is 13.2 Å². The van der Waals surface area contributed by atoms with E-state index in [0.717, 1.165) is 5.56 Å². The molecule has 0 bridgehead atoms. The smallest absolute Gasteiger partial charge is 0.243 e. The van der Waals surface area contributed by atoms with Gasteiger partial charge in [-0.15, -0.1) is 0 Å². The summed E-state index contributed by atoms with van der Waals surface area (Å²) in [6.45, 7) is 1.75. The average molecular weight is 441 g/mol. The summed E-state index contributed by atoms with van der Waals surface area (Å²) in [6.07, 6.45) is 4.59. The molecular weight excluding hydrogens is 416 g/mol. The first-order chi connectivity index (χ1) is 14.9. The van der Waals surface area contributed by atoms with Crippen molar-refractivity contribution in [3.63, 3.8) is 0 Å². The predicted molar refractivity (Wildman–Crippen MR) is 112 cm³/mol. The highest BCUT2D eigenvalue weighted by Crippen LogP contribution is 2.46. The van der Waals surface area contributed by atoms with Crippen molar-refractivity contribution in [2.24, 2.45) is 11.3 Å². The highest BCUT2D eigenvalue weighted by atomic mass is 32.2. The third-order valence-corrected chi connectivity index (χ3v) is 8.05. The molecule has 8 nitrogen and oxygen atoms in total. The number of benzene rings is 1. The fraction of sp³-hybridized carbons (Fsp3) is 0.409. The fourth-order valence-corrected chi connectivity index (χ4v) is 6.04. The number of hydrogen-bond donors (Lipinski definition) is 1. The Morgan fingerprint density at radius 3 is 2.71 bits per heavy atom. The van der Waals surface area contributed by atoms with Gasteiger partial charge in [-0.25, -0.2) is 8.42 Å². The Balaban J connectivity index is 1.57. The molecule has 1 aromatic carbocycles. The van der Waals surface area contributed by atoms with Gasteiger partial charge in [0.05, 0.1) is 22.4 Å². The van der Waals surface area contributed by atoms with Gasteiger partial charge in [0.15, 0.2) is 0 Å². The molecular formula is C22H24N4O4S. The van der Waals surface area contributed by atoms with Crippen LogP contribution in [0.4, 0.5) is 0 Å². The maximum atomic E-state index is 13.3. The standard InChI is InChI=1S/C22H24N4O4S/c23-13-18-2-1-3-19(12-18)31(28,29)26-15-20(22(16-26)6-10-30-11-7-22)21(27)25-14-17-4-8-24-9-5-17/h1-5,8-9,12,20H,6-7,10-11,14-16H2,(H,25,27). The molecule has 2 aliphatic rings. The Morgan fingerprint density at radius 1 is 1.26 bits per heavy atom. The molecule has 1 spiro atoms. The molecule has 162 valence electrons.